The molecule has 1 fully saturated rings. The number of aromatic nitrogens is 2. The van der Waals surface area contributed by atoms with Crippen LogP contribution in [0.15, 0.2) is 17.5 Å². The van der Waals surface area contributed by atoms with E-state index in [-0.39, 0.29) is 17.2 Å². The topological polar surface area (TPSA) is 69.6 Å². The number of amides is 2. The summed E-state index contributed by atoms with van der Waals surface area (Å²) in [5.74, 6) is -0.186. The zero-order valence-corrected chi connectivity index (χ0v) is 19.5. The molecule has 2 amide bonds. The molecule has 2 aromatic heterocycles. The van der Waals surface area contributed by atoms with E-state index < -0.39 is 0 Å². The molecular formula is C22H31N5O2S. The highest BCUT2D eigenvalue weighted by Gasteiger charge is 2.25. The number of carbonyl (C=O) groups excluding carboxylic acids is 2. The molecule has 2 aromatic rings. The van der Waals surface area contributed by atoms with Gasteiger partial charge in [-0.3, -0.25) is 14.5 Å². The van der Waals surface area contributed by atoms with Crippen molar-refractivity contribution in [3.05, 3.63) is 45.2 Å². The third-order valence-corrected chi connectivity index (χ3v) is 6.50. The van der Waals surface area contributed by atoms with E-state index in [0.29, 0.717) is 30.0 Å². The number of hydrogen-bond donors (Lipinski definition) is 0. The van der Waals surface area contributed by atoms with E-state index in [1.807, 2.05) is 4.90 Å². The monoisotopic (exact) mass is 429 g/mol. The Morgan fingerprint density at radius 1 is 1.10 bits per heavy atom. The van der Waals surface area contributed by atoms with Crippen LogP contribution < -0.4 is 0 Å². The molecule has 0 spiro atoms. The lowest BCUT2D eigenvalue weighted by Crippen LogP contribution is -2.48. The van der Waals surface area contributed by atoms with E-state index in [9.17, 15) is 9.59 Å². The summed E-state index contributed by atoms with van der Waals surface area (Å²) in [6.07, 6.45) is 0. The maximum Gasteiger partial charge on any atom is 0.271 e. The molecule has 0 N–H and O–H groups in total. The predicted molar refractivity (Wildman–Crippen MR) is 119 cm³/mol. The Morgan fingerprint density at radius 2 is 1.77 bits per heavy atom. The quantitative estimate of drug-likeness (QED) is 0.748. The second kappa shape index (κ2) is 8.81. The molecule has 8 heteroatoms. The molecule has 30 heavy (non-hydrogen) atoms. The number of carbonyl (C=O) groups is 2. The van der Waals surface area contributed by atoms with E-state index in [0.717, 1.165) is 30.3 Å². The van der Waals surface area contributed by atoms with Crippen molar-refractivity contribution in [2.75, 3.05) is 40.3 Å². The van der Waals surface area contributed by atoms with Gasteiger partial charge in [0.05, 0.1) is 22.0 Å². The highest BCUT2D eigenvalue weighted by molar-refractivity contribution is 7.09. The minimum atomic E-state index is -0.164. The normalized spacial score (nSPS) is 15.3. The van der Waals surface area contributed by atoms with Gasteiger partial charge in [-0.2, -0.15) is 0 Å². The Kier molecular flexibility index (Phi) is 6.57. The van der Waals surface area contributed by atoms with Gasteiger partial charge in [-0.15, -0.1) is 11.3 Å². The van der Waals surface area contributed by atoms with Crippen LogP contribution in [-0.2, 0) is 12.0 Å². The van der Waals surface area contributed by atoms with Gasteiger partial charge in [0.25, 0.3) is 11.8 Å². The van der Waals surface area contributed by atoms with Gasteiger partial charge < -0.3 is 9.80 Å². The zero-order chi connectivity index (χ0) is 22.1. The lowest BCUT2D eigenvalue weighted by molar-refractivity contribution is 0.0625. The van der Waals surface area contributed by atoms with Gasteiger partial charge in [-0.05, 0) is 19.1 Å². The van der Waals surface area contributed by atoms with E-state index >= 15 is 0 Å². The lowest BCUT2D eigenvalue weighted by atomic mass is 9.98. The van der Waals surface area contributed by atoms with Crippen molar-refractivity contribution < 1.29 is 9.59 Å². The Labute approximate surface area is 182 Å². The van der Waals surface area contributed by atoms with Crippen LogP contribution in [0.5, 0.6) is 0 Å². The summed E-state index contributed by atoms with van der Waals surface area (Å²) < 4.78 is 0. The second-order valence-corrected chi connectivity index (χ2v) is 9.85. The maximum absolute atomic E-state index is 13.0. The summed E-state index contributed by atoms with van der Waals surface area (Å²) in [4.78, 5) is 39.9. The van der Waals surface area contributed by atoms with E-state index in [1.165, 1.54) is 4.90 Å². The number of hydrogen-bond acceptors (Lipinski definition) is 6. The summed E-state index contributed by atoms with van der Waals surface area (Å²) in [5.41, 5.74) is 2.69. The number of thiazole rings is 1. The molecule has 1 aliphatic rings. The fourth-order valence-electron chi connectivity index (χ4n) is 3.37. The highest BCUT2D eigenvalue weighted by Crippen LogP contribution is 2.26. The SMILES string of the molecule is Cc1nc(C(=O)N(C)C)ccc1C(=O)N1CCN(Cc2csc(C(C)(C)C)n2)CC1. The molecular weight excluding hydrogens is 398 g/mol. The molecule has 1 aliphatic heterocycles. The highest BCUT2D eigenvalue weighted by atomic mass is 32.1. The third kappa shape index (κ3) is 5.05. The van der Waals surface area contributed by atoms with Crippen molar-refractivity contribution in [1.29, 1.82) is 0 Å². The van der Waals surface area contributed by atoms with Crippen molar-refractivity contribution in [2.45, 2.75) is 39.7 Å². The van der Waals surface area contributed by atoms with Crippen molar-refractivity contribution in [3.8, 4) is 0 Å². The third-order valence-electron chi connectivity index (χ3n) is 5.18. The summed E-state index contributed by atoms with van der Waals surface area (Å²) in [6, 6.07) is 3.35. The number of nitrogens with zero attached hydrogens (tertiary/aromatic N) is 5. The summed E-state index contributed by atoms with van der Waals surface area (Å²) in [5, 5.41) is 3.30. The fourth-order valence-corrected chi connectivity index (χ4v) is 4.27. The first-order valence-corrected chi connectivity index (χ1v) is 11.1. The van der Waals surface area contributed by atoms with Gasteiger partial charge in [-0.25, -0.2) is 9.97 Å². The summed E-state index contributed by atoms with van der Waals surface area (Å²) in [6.45, 7) is 12.1. The minimum Gasteiger partial charge on any atom is -0.343 e. The number of piperazine rings is 1. The Bertz CT molecular complexity index is 924. The molecule has 0 radical (unpaired) electrons. The molecule has 0 aliphatic carbocycles. The van der Waals surface area contributed by atoms with Crippen LogP contribution in [0.4, 0.5) is 0 Å². The van der Waals surface area contributed by atoms with Crippen molar-refractivity contribution >= 4 is 23.2 Å². The first kappa shape index (κ1) is 22.4. The van der Waals surface area contributed by atoms with Gasteiger partial charge >= 0.3 is 0 Å². The van der Waals surface area contributed by atoms with Gasteiger partial charge in [0.15, 0.2) is 0 Å². The second-order valence-electron chi connectivity index (χ2n) is 8.99. The van der Waals surface area contributed by atoms with Gasteiger partial charge in [0.2, 0.25) is 0 Å². The van der Waals surface area contributed by atoms with Crippen LogP contribution in [-0.4, -0.2) is 76.8 Å². The zero-order valence-electron chi connectivity index (χ0n) is 18.7. The first-order chi connectivity index (χ1) is 14.1. The van der Waals surface area contributed by atoms with E-state index in [4.69, 9.17) is 4.98 Å². The minimum absolute atomic E-state index is 0.0211. The van der Waals surface area contributed by atoms with Crippen LogP contribution in [0.3, 0.4) is 0 Å². The maximum atomic E-state index is 13.0. The standard InChI is InChI=1S/C22H31N5O2S/c1-15-17(7-8-18(23-15)20(29)25(5)6)19(28)27-11-9-26(10-12-27)13-16-14-30-21(24-16)22(2,3)4/h7-8,14H,9-13H2,1-6H3. The molecule has 162 valence electrons. The average Bonchev–Trinajstić information content (AvgIpc) is 3.16. The number of rotatable bonds is 4. The number of pyridine rings is 1. The molecule has 0 bridgehead atoms. The largest absolute Gasteiger partial charge is 0.343 e. The molecule has 7 nitrogen and oxygen atoms in total. The molecule has 3 heterocycles. The first-order valence-electron chi connectivity index (χ1n) is 10.2. The van der Waals surface area contributed by atoms with Crippen molar-refractivity contribution in [1.82, 2.24) is 24.7 Å². The average molecular weight is 430 g/mol. The molecule has 0 unspecified atom stereocenters. The lowest BCUT2D eigenvalue weighted by Gasteiger charge is -2.34. The fraction of sp³-hybridized carbons (Fsp3) is 0.545. The smallest absolute Gasteiger partial charge is 0.271 e. The van der Waals surface area contributed by atoms with Crippen LogP contribution in [0.1, 0.15) is 58.0 Å². The Morgan fingerprint density at radius 3 is 2.30 bits per heavy atom. The number of aryl methyl sites for hydroxylation is 1. The van der Waals surface area contributed by atoms with Gasteiger partial charge in [-0.1, -0.05) is 20.8 Å². The molecule has 0 aromatic carbocycles. The molecule has 0 atom stereocenters. The van der Waals surface area contributed by atoms with Gasteiger partial charge in [0, 0.05) is 57.6 Å². The Balaban J connectivity index is 1.59. The summed E-state index contributed by atoms with van der Waals surface area (Å²) >= 11 is 1.72. The van der Waals surface area contributed by atoms with Crippen LogP contribution in [0.25, 0.3) is 0 Å². The van der Waals surface area contributed by atoms with E-state index in [2.05, 4.69) is 36.0 Å². The van der Waals surface area contributed by atoms with Crippen molar-refractivity contribution in [2.24, 2.45) is 0 Å². The molecule has 3 rings (SSSR count). The van der Waals surface area contributed by atoms with E-state index in [1.54, 1.807) is 44.5 Å². The van der Waals surface area contributed by atoms with Crippen molar-refractivity contribution in [3.63, 3.8) is 0 Å². The van der Waals surface area contributed by atoms with Crippen LogP contribution in [0, 0.1) is 6.92 Å². The molecule has 1 saturated heterocycles. The van der Waals surface area contributed by atoms with Crippen LogP contribution >= 0.6 is 11.3 Å². The summed E-state index contributed by atoms with van der Waals surface area (Å²) in [7, 11) is 3.38. The predicted octanol–water partition coefficient (Wildman–Crippen LogP) is 2.80. The molecule has 0 saturated carbocycles. The van der Waals surface area contributed by atoms with Crippen LogP contribution in [0.2, 0.25) is 0 Å². The Hall–Kier alpha value is -2.32. The van der Waals surface area contributed by atoms with Gasteiger partial charge in [0.1, 0.15) is 5.69 Å².